The highest BCUT2D eigenvalue weighted by atomic mass is 35.5. The fourth-order valence-corrected chi connectivity index (χ4v) is 2.38. The normalized spacial score (nSPS) is 10.9. The molecule has 0 bridgehead atoms. The van der Waals surface area contributed by atoms with Gasteiger partial charge in [0.25, 0.3) is 0 Å². The van der Waals surface area contributed by atoms with Crippen LogP contribution in [0.2, 0.25) is 5.02 Å². The van der Waals surface area contributed by atoms with E-state index in [2.05, 4.69) is 17.2 Å². The molecule has 0 fully saturated rings. The summed E-state index contributed by atoms with van der Waals surface area (Å²) in [6.07, 6.45) is 4.82. The third-order valence-electron chi connectivity index (χ3n) is 3.34. The number of aromatic nitrogens is 3. The van der Waals surface area contributed by atoms with E-state index in [1.54, 1.807) is 0 Å². The molecule has 0 amide bonds. The number of benzene rings is 1. The van der Waals surface area contributed by atoms with E-state index in [1.807, 2.05) is 28.9 Å². The van der Waals surface area contributed by atoms with Crippen LogP contribution in [0.15, 0.2) is 24.3 Å². The molecule has 0 radical (unpaired) electrons. The maximum absolute atomic E-state index is 5.94. The second-order valence-corrected chi connectivity index (χ2v) is 5.32. The number of nitrogens with two attached hydrogens (primary N) is 1. The van der Waals surface area contributed by atoms with Gasteiger partial charge in [-0.15, -0.1) is 5.10 Å². The predicted octanol–water partition coefficient (Wildman–Crippen LogP) is 3.64. The predicted molar refractivity (Wildman–Crippen MR) is 82.5 cm³/mol. The second-order valence-electron chi connectivity index (χ2n) is 4.88. The van der Waals surface area contributed by atoms with Crippen LogP contribution in [0.5, 0.6) is 0 Å². The highest BCUT2D eigenvalue weighted by Gasteiger charge is 2.13. The third kappa shape index (κ3) is 3.58. The van der Waals surface area contributed by atoms with Gasteiger partial charge >= 0.3 is 0 Å². The molecule has 4 nitrogen and oxygen atoms in total. The molecule has 0 saturated carbocycles. The number of rotatable bonds is 7. The van der Waals surface area contributed by atoms with Gasteiger partial charge < -0.3 is 5.73 Å². The van der Waals surface area contributed by atoms with Crippen LogP contribution in [0, 0.1) is 0 Å². The van der Waals surface area contributed by atoms with Gasteiger partial charge in [0, 0.05) is 23.7 Å². The fourth-order valence-electron chi connectivity index (χ4n) is 2.25. The molecular weight excluding hydrogens is 272 g/mol. The Hall–Kier alpha value is -1.39. The molecule has 1 heterocycles. The lowest BCUT2D eigenvalue weighted by atomic mass is 10.1. The van der Waals surface area contributed by atoms with E-state index >= 15 is 0 Å². The van der Waals surface area contributed by atoms with Gasteiger partial charge in [-0.2, -0.15) is 0 Å². The average molecular weight is 293 g/mol. The van der Waals surface area contributed by atoms with Gasteiger partial charge in [0.1, 0.15) is 5.69 Å². The molecule has 1 aromatic heterocycles. The van der Waals surface area contributed by atoms with Crippen molar-refractivity contribution in [3.63, 3.8) is 0 Å². The summed E-state index contributed by atoms with van der Waals surface area (Å²) < 4.78 is 1.96. The molecule has 2 aromatic rings. The molecule has 0 saturated heterocycles. The Balaban J connectivity index is 2.20. The lowest BCUT2D eigenvalue weighted by Gasteiger charge is -2.08. The first-order valence-electron chi connectivity index (χ1n) is 7.14. The molecule has 0 aliphatic rings. The smallest absolute Gasteiger partial charge is 0.104 e. The number of hydrogen-bond acceptors (Lipinski definition) is 3. The summed E-state index contributed by atoms with van der Waals surface area (Å²) in [5, 5.41) is 9.15. The van der Waals surface area contributed by atoms with E-state index in [0.29, 0.717) is 6.54 Å². The monoisotopic (exact) mass is 292 g/mol. The molecule has 2 N–H and O–H groups in total. The first kappa shape index (κ1) is 15.0. The summed E-state index contributed by atoms with van der Waals surface area (Å²) in [5.74, 6) is 0. The van der Waals surface area contributed by atoms with Crippen LogP contribution in [0.1, 0.15) is 38.3 Å². The van der Waals surface area contributed by atoms with Crippen LogP contribution < -0.4 is 5.73 Å². The van der Waals surface area contributed by atoms with Crippen LogP contribution in [0.25, 0.3) is 11.3 Å². The summed E-state index contributed by atoms with van der Waals surface area (Å²) in [6.45, 7) is 3.49. The first-order valence-corrected chi connectivity index (χ1v) is 7.52. The third-order valence-corrected chi connectivity index (χ3v) is 3.59. The zero-order chi connectivity index (χ0) is 14.4. The van der Waals surface area contributed by atoms with Crippen molar-refractivity contribution in [1.82, 2.24) is 15.0 Å². The van der Waals surface area contributed by atoms with Crippen molar-refractivity contribution in [3.8, 4) is 11.3 Å². The van der Waals surface area contributed by atoms with Gasteiger partial charge in [0.05, 0.1) is 5.69 Å². The Kier molecular flexibility index (Phi) is 5.56. The van der Waals surface area contributed by atoms with Crippen LogP contribution >= 0.6 is 11.6 Å². The molecule has 0 spiro atoms. The van der Waals surface area contributed by atoms with E-state index in [-0.39, 0.29) is 0 Å². The SMILES string of the molecule is CCCCCCn1nnc(CN)c1-c1ccc(Cl)cc1. The highest BCUT2D eigenvalue weighted by molar-refractivity contribution is 6.30. The van der Waals surface area contributed by atoms with Gasteiger partial charge in [-0.25, -0.2) is 4.68 Å². The lowest BCUT2D eigenvalue weighted by molar-refractivity contribution is 0.531. The Labute approximate surface area is 124 Å². The molecule has 0 aliphatic heterocycles. The Morgan fingerprint density at radius 1 is 1.15 bits per heavy atom. The zero-order valence-electron chi connectivity index (χ0n) is 11.8. The number of halogens is 1. The molecule has 0 aliphatic carbocycles. The molecular formula is C15H21ClN4. The van der Waals surface area contributed by atoms with E-state index in [9.17, 15) is 0 Å². The van der Waals surface area contributed by atoms with Crippen molar-refractivity contribution < 1.29 is 0 Å². The van der Waals surface area contributed by atoms with E-state index < -0.39 is 0 Å². The zero-order valence-corrected chi connectivity index (χ0v) is 12.6. The van der Waals surface area contributed by atoms with E-state index in [4.69, 9.17) is 17.3 Å². The van der Waals surface area contributed by atoms with Gasteiger partial charge in [0.15, 0.2) is 0 Å². The Morgan fingerprint density at radius 3 is 2.55 bits per heavy atom. The topological polar surface area (TPSA) is 56.7 Å². The van der Waals surface area contributed by atoms with Gasteiger partial charge in [-0.05, 0) is 18.6 Å². The second kappa shape index (κ2) is 7.41. The minimum absolute atomic E-state index is 0.396. The standard InChI is InChI=1S/C15H21ClN4/c1-2-3-4-5-10-20-15(14(11-17)18-19-20)12-6-8-13(16)9-7-12/h6-9H,2-5,10-11,17H2,1H3. The number of unbranched alkanes of at least 4 members (excludes halogenated alkanes) is 3. The molecule has 0 atom stereocenters. The van der Waals surface area contributed by atoms with Gasteiger partial charge in [-0.1, -0.05) is 55.1 Å². The Bertz CT molecular complexity index is 533. The lowest BCUT2D eigenvalue weighted by Crippen LogP contribution is -2.04. The van der Waals surface area contributed by atoms with E-state index in [1.165, 1.54) is 19.3 Å². The molecule has 5 heteroatoms. The van der Waals surface area contributed by atoms with Gasteiger partial charge in [-0.3, -0.25) is 0 Å². The van der Waals surface area contributed by atoms with Crippen LogP contribution in [-0.4, -0.2) is 15.0 Å². The summed E-state index contributed by atoms with van der Waals surface area (Å²) in [6, 6.07) is 7.74. The molecule has 108 valence electrons. The molecule has 1 aromatic carbocycles. The van der Waals surface area contributed by atoms with Crippen LogP contribution in [0.4, 0.5) is 0 Å². The fraction of sp³-hybridized carbons (Fsp3) is 0.467. The highest BCUT2D eigenvalue weighted by Crippen LogP contribution is 2.24. The quantitative estimate of drug-likeness (QED) is 0.793. The number of hydrogen-bond donors (Lipinski definition) is 1. The molecule has 2 rings (SSSR count). The first-order chi connectivity index (χ1) is 9.76. The maximum Gasteiger partial charge on any atom is 0.104 e. The van der Waals surface area contributed by atoms with Crippen molar-refractivity contribution in [2.24, 2.45) is 5.73 Å². The van der Waals surface area contributed by atoms with Gasteiger partial charge in [0.2, 0.25) is 0 Å². The van der Waals surface area contributed by atoms with Crippen LogP contribution in [-0.2, 0) is 13.1 Å². The summed E-state index contributed by atoms with van der Waals surface area (Å²) in [4.78, 5) is 0. The number of aryl methyl sites for hydroxylation is 1. The van der Waals surface area contributed by atoms with Crippen molar-refractivity contribution in [3.05, 3.63) is 35.0 Å². The molecule has 20 heavy (non-hydrogen) atoms. The minimum Gasteiger partial charge on any atom is -0.325 e. The van der Waals surface area contributed by atoms with Crippen molar-refractivity contribution in [2.75, 3.05) is 0 Å². The molecule has 0 unspecified atom stereocenters. The van der Waals surface area contributed by atoms with Crippen molar-refractivity contribution in [1.29, 1.82) is 0 Å². The number of nitrogens with zero attached hydrogens (tertiary/aromatic N) is 3. The summed E-state index contributed by atoms with van der Waals surface area (Å²) in [5.41, 5.74) is 8.68. The average Bonchev–Trinajstić information content (AvgIpc) is 2.87. The van der Waals surface area contributed by atoms with Crippen LogP contribution in [0.3, 0.4) is 0 Å². The largest absolute Gasteiger partial charge is 0.325 e. The van der Waals surface area contributed by atoms with Crippen molar-refractivity contribution in [2.45, 2.75) is 45.7 Å². The van der Waals surface area contributed by atoms with E-state index in [0.717, 1.165) is 34.9 Å². The van der Waals surface area contributed by atoms with Crippen molar-refractivity contribution >= 4 is 11.6 Å². The summed E-state index contributed by atoms with van der Waals surface area (Å²) in [7, 11) is 0. The summed E-state index contributed by atoms with van der Waals surface area (Å²) >= 11 is 5.94. The Morgan fingerprint density at radius 2 is 1.90 bits per heavy atom. The minimum atomic E-state index is 0.396. The maximum atomic E-state index is 5.94.